The molecule has 0 bridgehead atoms. The molecule has 17 heavy (non-hydrogen) atoms. The molecule has 3 N–H and O–H groups in total. The maximum atomic E-state index is 11.9. The Bertz CT molecular complexity index is 410. The second kappa shape index (κ2) is 4.91. The molecule has 2 rings (SSSR count). The quantitative estimate of drug-likeness (QED) is 0.856. The molecule has 0 saturated carbocycles. The number of amides is 1. The highest BCUT2D eigenvalue weighted by molar-refractivity contribution is 7.18. The van der Waals surface area contributed by atoms with Crippen molar-refractivity contribution in [3.05, 3.63) is 4.88 Å². The van der Waals surface area contributed by atoms with E-state index in [-0.39, 0.29) is 11.9 Å². The summed E-state index contributed by atoms with van der Waals surface area (Å²) in [5, 5.41) is 3.71. The van der Waals surface area contributed by atoms with E-state index in [0.29, 0.717) is 10.7 Å². The minimum atomic E-state index is -0.125. The van der Waals surface area contributed by atoms with Crippen molar-refractivity contribution in [2.24, 2.45) is 0 Å². The molecule has 1 aromatic heterocycles. The molecule has 0 aliphatic carbocycles. The second-order valence-corrected chi connectivity index (χ2v) is 5.51. The van der Waals surface area contributed by atoms with Gasteiger partial charge in [0.15, 0.2) is 5.13 Å². The lowest BCUT2D eigenvalue weighted by Gasteiger charge is -2.12. The van der Waals surface area contributed by atoms with E-state index < -0.39 is 0 Å². The lowest BCUT2D eigenvalue weighted by Crippen LogP contribution is -2.29. The largest absolute Gasteiger partial charge is 0.382 e. The van der Waals surface area contributed by atoms with E-state index in [1.54, 1.807) is 0 Å². The zero-order valence-electron chi connectivity index (χ0n) is 10.2. The van der Waals surface area contributed by atoms with E-state index in [9.17, 15) is 4.79 Å². The summed E-state index contributed by atoms with van der Waals surface area (Å²) in [6.07, 6.45) is 2.38. The molecule has 1 aliphatic rings. The van der Waals surface area contributed by atoms with Crippen molar-refractivity contribution >= 4 is 28.2 Å². The van der Waals surface area contributed by atoms with Gasteiger partial charge in [-0.3, -0.25) is 4.79 Å². The summed E-state index contributed by atoms with van der Waals surface area (Å²) in [6.45, 7) is 5.88. The van der Waals surface area contributed by atoms with Crippen LogP contribution in [0.1, 0.15) is 36.4 Å². The number of nitrogen functional groups attached to an aromatic ring is 1. The highest BCUT2D eigenvalue weighted by Gasteiger charge is 2.21. The average molecular weight is 254 g/mol. The molecule has 1 amide bonds. The minimum Gasteiger partial charge on any atom is -0.382 e. The first-order chi connectivity index (χ1) is 8.08. The van der Waals surface area contributed by atoms with Crippen LogP contribution in [0.3, 0.4) is 0 Å². The SMILES string of the molecule is CC(C)NC(=O)c1sc(N2CCCC2)nc1N. The Morgan fingerprint density at radius 1 is 1.47 bits per heavy atom. The van der Waals surface area contributed by atoms with Crippen molar-refractivity contribution in [2.45, 2.75) is 32.7 Å². The molecule has 94 valence electrons. The van der Waals surface area contributed by atoms with Gasteiger partial charge in [-0.25, -0.2) is 4.98 Å². The van der Waals surface area contributed by atoms with Gasteiger partial charge in [0.1, 0.15) is 10.7 Å². The molecule has 1 aromatic rings. The first kappa shape index (κ1) is 12.2. The Labute approximate surface area is 105 Å². The monoisotopic (exact) mass is 254 g/mol. The molecule has 5 nitrogen and oxygen atoms in total. The Balaban J connectivity index is 2.15. The maximum Gasteiger partial charge on any atom is 0.265 e. The zero-order valence-corrected chi connectivity index (χ0v) is 11.0. The van der Waals surface area contributed by atoms with Crippen molar-refractivity contribution < 1.29 is 4.79 Å². The predicted octanol–water partition coefficient (Wildman–Crippen LogP) is 1.46. The molecule has 0 unspecified atom stereocenters. The first-order valence-corrected chi connectivity index (χ1v) is 6.71. The lowest BCUT2D eigenvalue weighted by molar-refractivity contribution is 0.0948. The van der Waals surface area contributed by atoms with Gasteiger partial charge in [-0.1, -0.05) is 11.3 Å². The van der Waals surface area contributed by atoms with Crippen LogP contribution < -0.4 is 16.0 Å². The van der Waals surface area contributed by atoms with Gasteiger partial charge in [0.2, 0.25) is 0 Å². The van der Waals surface area contributed by atoms with E-state index in [1.807, 2.05) is 13.8 Å². The molecule has 6 heteroatoms. The molecule has 1 aliphatic heterocycles. The molecule has 0 atom stereocenters. The van der Waals surface area contributed by atoms with E-state index >= 15 is 0 Å². The highest BCUT2D eigenvalue weighted by atomic mass is 32.1. The summed E-state index contributed by atoms with van der Waals surface area (Å²) < 4.78 is 0. The summed E-state index contributed by atoms with van der Waals surface area (Å²) in [6, 6.07) is 0.110. The summed E-state index contributed by atoms with van der Waals surface area (Å²) in [4.78, 5) is 18.9. The fourth-order valence-corrected chi connectivity index (χ4v) is 2.79. The fraction of sp³-hybridized carbons (Fsp3) is 0.636. The molecular weight excluding hydrogens is 236 g/mol. The summed E-state index contributed by atoms with van der Waals surface area (Å²) in [5.74, 6) is 0.218. The van der Waals surface area contributed by atoms with Crippen LogP contribution in [-0.4, -0.2) is 30.0 Å². The predicted molar refractivity (Wildman–Crippen MR) is 70.6 cm³/mol. The van der Waals surface area contributed by atoms with Crippen molar-refractivity contribution in [2.75, 3.05) is 23.7 Å². The summed E-state index contributed by atoms with van der Waals surface area (Å²) >= 11 is 1.38. The topological polar surface area (TPSA) is 71.2 Å². The van der Waals surface area contributed by atoms with Crippen LogP contribution in [0.5, 0.6) is 0 Å². The van der Waals surface area contributed by atoms with Crippen molar-refractivity contribution in [1.82, 2.24) is 10.3 Å². The maximum absolute atomic E-state index is 11.9. The third-order valence-electron chi connectivity index (χ3n) is 2.64. The number of rotatable bonds is 3. The number of hydrogen-bond acceptors (Lipinski definition) is 5. The molecule has 2 heterocycles. The van der Waals surface area contributed by atoms with Crippen LogP contribution in [0.25, 0.3) is 0 Å². The average Bonchev–Trinajstić information content (AvgIpc) is 2.84. The Kier molecular flexibility index (Phi) is 3.51. The van der Waals surface area contributed by atoms with Gasteiger partial charge in [0.25, 0.3) is 5.91 Å². The molecule has 1 fully saturated rings. The smallest absolute Gasteiger partial charge is 0.265 e. The standard InChI is InChI=1S/C11H18N4OS/c1-7(2)13-10(16)8-9(12)14-11(17-8)15-5-3-4-6-15/h7H,3-6,12H2,1-2H3,(H,13,16). The van der Waals surface area contributed by atoms with Gasteiger partial charge in [0.05, 0.1) is 0 Å². The summed E-state index contributed by atoms with van der Waals surface area (Å²) in [5.41, 5.74) is 5.80. The van der Waals surface area contributed by atoms with Crippen molar-refractivity contribution in [1.29, 1.82) is 0 Å². The number of anilines is 2. The van der Waals surface area contributed by atoms with Crippen LogP contribution >= 0.6 is 11.3 Å². The van der Waals surface area contributed by atoms with Crippen LogP contribution in [0.2, 0.25) is 0 Å². The lowest BCUT2D eigenvalue weighted by atomic mass is 10.3. The van der Waals surface area contributed by atoms with E-state index in [1.165, 1.54) is 24.2 Å². The molecule has 1 saturated heterocycles. The first-order valence-electron chi connectivity index (χ1n) is 5.90. The van der Waals surface area contributed by atoms with Gasteiger partial charge in [-0.05, 0) is 26.7 Å². The van der Waals surface area contributed by atoms with Gasteiger partial charge in [0, 0.05) is 19.1 Å². The third kappa shape index (κ3) is 2.69. The number of thiazole rings is 1. The number of carbonyl (C=O) groups excluding carboxylic acids is 1. The van der Waals surface area contributed by atoms with Crippen LogP contribution in [0.4, 0.5) is 10.9 Å². The third-order valence-corrected chi connectivity index (χ3v) is 3.78. The number of aromatic nitrogens is 1. The van der Waals surface area contributed by atoms with Crippen LogP contribution in [0, 0.1) is 0 Å². The number of nitrogens with two attached hydrogens (primary N) is 1. The highest BCUT2D eigenvalue weighted by Crippen LogP contribution is 2.30. The molecule has 0 radical (unpaired) electrons. The normalized spacial score (nSPS) is 15.6. The van der Waals surface area contributed by atoms with Crippen molar-refractivity contribution in [3.63, 3.8) is 0 Å². The van der Waals surface area contributed by atoms with Gasteiger partial charge in [-0.2, -0.15) is 0 Å². The zero-order chi connectivity index (χ0) is 12.4. The summed E-state index contributed by atoms with van der Waals surface area (Å²) in [7, 11) is 0. The van der Waals surface area contributed by atoms with Gasteiger partial charge < -0.3 is 16.0 Å². The van der Waals surface area contributed by atoms with E-state index in [2.05, 4.69) is 15.2 Å². The van der Waals surface area contributed by atoms with Crippen molar-refractivity contribution in [3.8, 4) is 0 Å². The Morgan fingerprint density at radius 3 is 2.71 bits per heavy atom. The Morgan fingerprint density at radius 2 is 2.12 bits per heavy atom. The molecule has 0 spiro atoms. The Hall–Kier alpha value is -1.30. The number of carbonyl (C=O) groups is 1. The van der Waals surface area contributed by atoms with E-state index in [0.717, 1.165) is 18.2 Å². The second-order valence-electron chi connectivity index (χ2n) is 4.53. The van der Waals surface area contributed by atoms with Crippen LogP contribution in [-0.2, 0) is 0 Å². The minimum absolute atomic E-state index is 0.110. The molecular formula is C11H18N4OS. The number of nitrogens with zero attached hydrogens (tertiary/aromatic N) is 2. The van der Waals surface area contributed by atoms with Crippen LogP contribution in [0.15, 0.2) is 0 Å². The van der Waals surface area contributed by atoms with E-state index in [4.69, 9.17) is 5.73 Å². The fourth-order valence-electron chi connectivity index (χ4n) is 1.85. The number of nitrogens with one attached hydrogen (secondary N) is 1. The number of hydrogen-bond donors (Lipinski definition) is 2. The van der Waals surface area contributed by atoms with Gasteiger partial charge >= 0.3 is 0 Å². The van der Waals surface area contributed by atoms with Gasteiger partial charge in [-0.15, -0.1) is 0 Å². The molecule has 0 aromatic carbocycles.